The molecule has 0 radical (unpaired) electrons. The highest BCUT2D eigenvalue weighted by atomic mass is 16.7. The first-order valence-electron chi connectivity index (χ1n) is 9.18. The van der Waals surface area contributed by atoms with Gasteiger partial charge in [-0.05, 0) is 25.0 Å². The van der Waals surface area contributed by atoms with Crippen molar-refractivity contribution in [1.29, 1.82) is 0 Å². The molecule has 6 nitrogen and oxygen atoms in total. The Morgan fingerprint density at radius 3 is 2.80 bits per heavy atom. The number of hydrogen-bond acceptors (Lipinski definition) is 4. The Labute approximate surface area is 147 Å². The number of carbonyl (C=O) groups excluding carboxylic acids is 2. The SMILES string of the molecule is O=C(NCC1CC(=O)N(c2ccc3c(c2)OCO3)C1)C1CCCCC1. The second kappa shape index (κ2) is 6.94. The highest BCUT2D eigenvalue weighted by Crippen LogP contribution is 2.37. The second-order valence-electron chi connectivity index (χ2n) is 7.19. The summed E-state index contributed by atoms with van der Waals surface area (Å²) in [6.07, 6.45) is 6.01. The van der Waals surface area contributed by atoms with Crippen LogP contribution in [-0.4, -0.2) is 31.7 Å². The molecule has 0 spiro atoms. The third kappa shape index (κ3) is 3.43. The Bertz CT molecular complexity index is 669. The maximum Gasteiger partial charge on any atom is 0.231 e. The third-order valence-electron chi connectivity index (χ3n) is 5.41. The van der Waals surface area contributed by atoms with Crippen molar-refractivity contribution in [2.45, 2.75) is 38.5 Å². The van der Waals surface area contributed by atoms with Gasteiger partial charge in [0.1, 0.15) is 0 Å². The molecule has 6 heteroatoms. The van der Waals surface area contributed by atoms with Crippen LogP contribution in [0, 0.1) is 11.8 Å². The van der Waals surface area contributed by atoms with Gasteiger partial charge >= 0.3 is 0 Å². The average Bonchev–Trinajstić information content (AvgIpc) is 3.26. The standard InChI is InChI=1S/C19H24N2O4/c22-18-8-13(10-20-19(23)14-4-2-1-3-5-14)11-21(18)15-6-7-16-17(9-15)25-12-24-16/h6-7,9,13-14H,1-5,8,10-12H2,(H,20,23). The zero-order chi connectivity index (χ0) is 17.2. The van der Waals surface area contributed by atoms with Crippen molar-refractivity contribution in [3.05, 3.63) is 18.2 Å². The molecule has 3 aliphatic rings. The number of nitrogens with zero attached hydrogens (tertiary/aromatic N) is 1. The van der Waals surface area contributed by atoms with Crippen LogP contribution in [0.25, 0.3) is 0 Å². The molecule has 0 aromatic heterocycles. The van der Waals surface area contributed by atoms with Crippen molar-refractivity contribution < 1.29 is 19.1 Å². The maximum absolute atomic E-state index is 12.4. The smallest absolute Gasteiger partial charge is 0.231 e. The Kier molecular flexibility index (Phi) is 4.51. The Hall–Kier alpha value is -2.24. The molecule has 1 N–H and O–H groups in total. The zero-order valence-corrected chi connectivity index (χ0v) is 14.3. The minimum Gasteiger partial charge on any atom is -0.454 e. The Balaban J connectivity index is 1.33. The van der Waals surface area contributed by atoms with E-state index >= 15 is 0 Å². The van der Waals surface area contributed by atoms with Crippen LogP contribution in [0.5, 0.6) is 11.5 Å². The number of fused-ring (bicyclic) bond motifs is 1. The molecular formula is C19H24N2O4. The van der Waals surface area contributed by atoms with Crippen molar-refractivity contribution in [2.24, 2.45) is 11.8 Å². The van der Waals surface area contributed by atoms with Crippen LogP contribution >= 0.6 is 0 Å². The summed E-state index contributed by atoms with van der Waals surface area (Å²) in [5.41, 5.74) is 0.829. The van der Waals surface area contributed by atoms with Crippen molar-refractivity contribution in [2.75, 3.05) is 24.8 Å². The number of carbonyl (C=O) groups is 2. The first-order chi connectivity index (χ1) is 12.2. The molecule has 1 saturated carbocycles. The fourth-order valence-electron chi connectivity index (χ4n) is 3.97. The van der Waals surface area contributed by atoms with Crippen LogP contribution < -0.4 is 19.7 Å². The molecule has 1 unspecified atom stereocenters. The van der Waals surface area contributed by atoms with Gasteiger partial charge in [0.05, 0.1) is 0 Å². The maximum atomic E-state index is 12.4. The molecule has 2 aliphatic heterocycles. The molecule has 134 valence electrons. The monoisotopic (exact) mass is 344 g/mol. The fraction of sp³-hybridized carbons (Fsp3) is 0.579. The van der Waals surface area contributed by atoms with Gasteiger partial charge in [-0.1, -0.05) is 19.3 Å². The molecule has 2 fully saturated rings. The zero-order valence-electron chi connectivity index (χ0n) is 14.3. The number of ether oxygens (including phenoxy) is 2. The van der Waals surface area contributed by atoms with Crippen LogP contribution in [0.15, 0.2) is 18.2 Å². The highest BCUT2D eigenvalue weighted by Gasteiger charge is 2.32. The predicted molar refractivity (Wildman–Crippen MR) is 92.6 cm³/mol. The lowest BCUT2D eigenvalue weighted by Gasteiger charge is -2.22. The number of benzene rings is 1. The highest BCUT2D eigenvalue weighted by molar-refractivity contribution is 5.96. The van der Waals surface area contributed by atoms with E-state index in [4.69, 9.17) is 9.47 Å². The van der Waals surface area contributed by atoms with Crippen molar-refractivity contribution >= 4 is 17.5 Å². The minimum absolute atomic E-state index is 0.0933. The van der Waals surface area contributed by atoms with Crippen molar-refractivity contribution in [3.8, 4) is 11.5 Å². The molecule has 2 heterocycles. The molecule has 1 aromatic carbocycles. The number of hydrogen-bond donors (Lipinski definition) is 1. The molecule has 1 aliphatic carbocycles. The summed E-state index contributed by atoms with van der Waals surface area (Å²) in [6, 6.07) is 5.57. The largest absolute Gasteiger partial charge is 0.454 e. The summed E-state index contributed by atoms with van der Waals surface area (Å²) in [5.74, 6) is 1.97. The van der Waals surface area contributed by atoms with E-state index in [9.17, 15) is 9.59 Å². The van der Waals surface area contributed by atoms with Gasteiger partial charge in [0.15, 0.2) is 11.5 Å². The average molecular weight is 344 g/mol. The lowest BCUT2D eigenvalue weighted by atomic mass is 9.88. The van der Waals surface area contributed by atoms with E-state index in [-0.39, 0.29) is 30.4 Å². The molecule has 2 amide bonds. The van der Waals surface area contributed by atoms with Crippen molar-refractivity contribution in [1.82, 2.24) is 5.32 Å². The van der Waals surface area contributed by atoms with Gasteiger partial charge in [0.25, 0.3) is 0 Å². The lowest BCUT2D eigenvalue weighted by Crippen LogP contribution is -2.36. The van der Waals surface area contributed by atoms with E-state index in [0.717, 1.165) is 31.4 Å². The van der Waals surface area contributed by atoms with Crippen LogP contribution in [0.1, 0.15) is 38.5 Å². The fourth-order valence-corrected chi connectivity index (χ4v) is 3.97. The van der Waals surface area contributed by atoms with Gasteiger partial charge < -0.3 is 19.7 Å². The summed E-state index contributed by atoms with van der Waals surface area (Å²) in [5, 5.41) is 3.07. The van der Waals surface area contributed by atoms with E-state index < -0.39 is 0 Å². The molecule has 1 aromatic rings. The van der Waals surface area contributed by atoms with Crippen LogP contribution in [0.4, 0.5) is 5.69 Å². The van der Waals surface area contributed by atoms with Crippen LogP contribution in [0.2, 0.25) is 0 Å². The van der Waals surface area contributed by atoms with Gasteiger partial charge in [0.2, 0.25) is 18.6 Å². The summed E-state index contributed by atoms with van der Waals surface area (Å²) in [7, 11) is 0. The van der Waals surface area contributed by atoms with Gasteiger partial charge in [-0.25, -0.2) is 0 Å². The Morgan fingerprint density at radius 1 is 1.16 bits per heavy atom. The van der Waals surface area contributed by atoms with E-state index in [0.29, 0.717) is 31.0 Å². The van der Waals surface area contributed by atoms with Gasteiger partial charge in [0, 0.05) is 43.1 Å². The van der Waals surface area contributed by atoms with E-state index in [1.807, 2.05) is 18.2 Å². The molecule has 0 bridgehead atoms. The number of rotatable bonds is 4. The summed E-state index contributed by atoms with van der Waals surface area (Å²) in [6.45, 7) is 1.42. The summed E-state index contributed by atoms with van der Waals surface area (Å²) < 4.78 is 10.7. The quantitative estimate of drug-likeness (QED) is 0.911. The topological polar surface area (TPSA) is 67.9 Å². The first-order valence-corrected chi connectivity index (χ1v) is 9.18. The van der Waals surface area contributed by atoms with Crippen molar-refractivity contribution in [3.63, 3.8) is 0 Å². The normalized spacial score (nSPS) is 23.1. The van der Waals surface area contributed by atoms with E-state index in [1.54, 1.807) is 4.90 Å². The molecule has 4 rings (SSSR count). The molecular weight excluding hydrogens is 320 g/mol. The van der Waals surface area contributed by atoms with Gasteiger partial charge in [-0.3, -0.25) is 9.59 Å². The Morgan fingerprint density at radius 2 is 1.96 bits per heavy atom. The summed E-state index contributed by atoms with van der Waals surface area (Å²) >= 11 is 0. The van der Waals surface area contributed by atoms with E-state index in [2.05, 4.69) is 5.32 Å². The number of anilines is 1. The van der Waals surface area contributed by atoms with E-state index in [1.165, 1.54) is 6.42 Å². The molecule has 1 atom stereocenters. The lowest BCUT2D eigenvalue weighted by molar-refractivity contribution is -0.126. The first kappa shape index (κ1) is 16.2. The van der Waals surface area contributed by atoms with Gasteiger partial charge in [-0.15, -0.1) is 0 Å². The predicted octanol–water partition coefficient (Wildman–Crippen LogP) is 2.46. The van der Waals surface area contributed by atoms with Crippen LogP contribution in [0.3, 0.4) is 0 Å². The summed E-state index contributed by atoms with van der Waals surface area (Å²) in [4.78, 5) is 26.4. The molecule has 25 heavy (non-hydrogen) atoms. The minimum atomic E-state index is 0.0933. The second-order valence-corrected chi connectivity index (χ2v) is 7.19. The van der Waals surface area contributed by atoms with Crippen LogP contribution in [-0.2, 0) is 9.59 Å². The number of amides is 2. The third-order valence-corrected chi connectivity index (χ3v) is 5.41. The van der Waals surface area contributed by atoms with Gasteiger partial charge in [-0.2, -0.15) is 0 Å². The number of nitrogens with one attached hydrogen (secondary N) is 1. The molecule has 1 saturated heterocycles.